The highest BCUT2D eigenvalue weighted by molar-refractivity contribution is 6.35. The van der Waals surface area contributed by atoms with Gasteiger partial charge in [0.2, 0.25) is 5.91 Å². The van der Waals surface area contributed by atoms with Crippen molar-refractivity contribution in [2.45, 2.75) is 12.0 Å². The second-order valence-electron chi connectivity index (χ2n) is 6.68. The number of rotatable bonds is 5. The lowest BCUT2D eigenvalue weighted by atomic mass is 9.90. The summed E-state index contributed by atoms with van der Waals surface area (Å²) in [6.45, 7) is 0. The molecule has 1 atom stereocenters. The smallest absolute Gasteiger partial charge is 0.248 e. The van der Waals surface area contributed by atoms with Gasteiger partial charge in [-0.3, -0.25) is 9.79 Å². The fraction of sp³-hybridized carbons (Fsp3) is 0.0909. The van der Waals surface area contributed by atoms with E-state index in [9.17, 15) is 4.79 Å². The molecule has 2 aromatic carbocycles. The summed E-state index contributed by atoms with van der Waals surface area (Å²) in [5.41, 5.74) is 7.49. The number of benzene rings is 2. The number of aliphatic imine (C=N–C) groups is 1. The zero-order valence-electron chi connectivity index (χ0n) is 15.2. The first-order chi connectivity index (χ1) is 14.0. The first kappa shape index (κ1) is 19.3. The number of hydrogen-bond acceptors (Lipinski definition) is 4. The predicted octanol–water partition coefficient (Wildman–Crippen LogP) is 4.63. The van der Waals surface area contributed by atoms with Crippen molar-refractivity contribution in [2.24, 2.45) is 10.7 Å². The van der Waals surface area contributed by atoms with Crippen molar-refractivity contribution >= 4 is 35.3 Å². The number of nitrogens with two attached hydrogens (primary N) is 1. The fourth-order valence-electron chi connectivity index (χ4n) is 3.23. The number of hydrogen-bond donors (Lipinski definition) is 1. The number of amides is 1. The minimum atomic E-state index is -0.749. The first-order valence-electron chi connectivity index (χ1n) is 8.88. The molecule has 2 heterocycles. The van der Waals surface area contributed by atoms with E-state index < -0.39 is 11.4 Å². The van der Waals surface area contributed by atoms with Gasteiger partial charge in [0.05, 0.1) is 5.69 Å². The van der Waals surface area contributed by atoms with Gasteiger partial charge in [-0.25, -0.2) is 9.97 Å². The fourth-order valence-corrected chi connectivity index (χ4v) is 3.70. The van der Waals surface area contributed by atoms with Crippen LogP contribution in [0.4, 0.5) is 0 Å². The molecule has 0 radical (unpaired) electrons. The van der Waals surface area contributed by atoms with Gasteiger partial charge in [0, 0.05) is 40.0 Å². The van der Waals surface area contributed by atoms with Crippen LogP contribution in [-0.2, 0) is 12.0 Å². The molecule has 7 heteroatoms. The van der Waals surface area contributed by atoms with Crippen LogP contribution in [0, 0.1) is 0 Å². The van der Waals surface area contributed by atoms with E-state index in [0.29, 0.717) is 27.9 Å². The molecule has 3 aromatic rings. The molecule has 0 aliphatic carbocycles. The van der Waals surface area contributed by atoms with Gasteiger partial charge < -0.3 is 5.73 Å². The van der Waals surface area contributed by atoms with Gasteiger partial charge in [-0.15, -0.1) is 0 Å². The average Bonchev–Trinajstić information content (AvgIpc) is 3.20. The monoisotopic (exact) mass is 422 g/mol. The second kappa shape index (κ2) is 7.78. The van der Waals surface area contributed by atoms with Gasteiger partial charge in [-0.05, 0) is 48.0 Å². The number of carbonyl (C=O) groups is 1. The number of nitrogens with zero attached hydrogens (tertiary/aromatic N) is 3. The molecule has 5 nitrogen and oxygen atoms in total. The van der Waals surface area contributed by atoms with Crippen molar-refractivity contribution in [1.29, 1.82) is 0 Å². The Morgan fingerprint density at radius 1 is 1.07 bits per heavy atom. The van der Waals surface area contributed by atoms with Crippen molar-refractivity contribution in [3.63, 3.8) is 0 Å². The Kier molecular flexibility index (Phi) is 5.18. The highest BCUT2D eigenvalue weighted by atomic mass is 35.5. The van der Waals surface area contributed by atoms with Gasteiger partial charge in [-0.2, -0.15) is 0 Å². The lowest BCUT2D eigenvalue weighted by molar-refractivity contribution is 0.100. The molecule has 1 amide bonds. The molecule has 1 unspecified atom stereocenters. The Balaban J connectivity index is 1.72. The lowest BCUT2D eigenvalue weighted by Gasteiger charge is -2.24. The molecule has 0 fully saturated rings. The Morgan fingerprint density at radius 3 is 2.52 bits per heavy atom. The summed E-state index contributed by atoms with van der Waals surface area (Å²) in [6.07, 6.45) is 7.78. The SMILES string of the molecule is NC(=O)c1ccc(-c2ccnc(C3(Cc4ccc(Cl)cc4Cl)C=CC=N3)n2)cc1. The molecule has 0 saturated heterocycles. The number of aromatic nitrogens is 2. The molecule has 0 spiro atoms. The van der Waals surface area contributed by atoms with Crippen molar-refractivity contribution in [3.8, 4) is 11.3 Å². The summed E-state index contributed by atoms with van der Waals surface area (Å²) >= 11 is 12.4. The minimum absolute atomic E-state index is 0.445. The van der Waals surface area contributed by atoms with E-state index in [0.717, 1.165) is 16.8 Å². The molecule has 0 saturated carbocycles. The molecule has 4 rings (SSSR count). The van der Waals surface area contributed by atoms with Crippen LogP contribution in [0.2, 0.25) is 10.0 Å². The van der Waals surface area contributed by atoms with E-state index in [1.54, 1.807) is 36.7 Å². The predicted molar refractivity (Wildman–Crippen MR) is 115 cm³/mol. The molecular weight excluding hydrogens is 407 g/mol. The van der Waals surface area contributed by atoms with Crippen LogP contribution in [0.5, 0.6) is 0 Å². The highest BCUT2D eigenvalue weighted by Gasteiger charge is 2.34. The van der Waals surface area contributed by atoms with Crippen molar-refractivity contribution in [1.82, 2.24) is 9.97 Å². The standard InChI is InChI=1S/C22H16Cl2N4O/c23-17-7-6-16(18(24)12-17)13-22(9-1-10-27-22)21-26-11-8-19(28-21)14-2-4-15(5-3-14)20(25)29/h1-12H,13H2,(H2,25,29). The number of allylic oxidation sites excluding steroid dienone is 1. The van der Waals surface area contributed by atoms with Crippen LogP contribution in [0.3, 0.4) is 0 Å². The maximum atomic E-state index is 11.3. The van der Waals surface area contributed by atoms with Crippen LogP contribution in [0.1, 0.15) is 21.7 Å². The zero-order valence-corrected chi connectivity index (χ0v) is 16.7. The van der Waals surface area contributed by atoms with Gasteiger partial charge in [0.25, 0.3) is 0 Å². The maximum absolute atomic E-state index is 11.3. The summed E-state index contributed by atoms with van der Waals surface area (Å²) in [4.78, 5) is 25.2. The Bertz CT molecular complexity index is 1130. The molecule has 29 heavy (non-hydrogen) atoms. The molecule has 144 valence electrons. The molecule has 1 aromatic heterocycles. The van der Waals surface area contributed by atoms with Crippen LogP contribution in [-0.4, -0.2) is 22.1 Å². The summed E-state index contributed by atoms with van der Waals surface area (Å²) in [7, 11) is 0. The first-order valence-corrected chi connectivity index (χ1v) is 9.63. The molecular formula is C22H16Cl2N4O. The van der Waals surface area contributed by atoms with E-state index in [2.05, 4.69) is 9.98 Å². The van der Waals surface area contributed by atoms with Crippen LogP contribution in [0.25, 0.3) is 11.3 Å². The van der Waals surface area contributed by atoms with Gasteiger partial charge in [-0.1, -0.05) is 41.4 Å². The van der Waals surface area contributed by atoms with Crippen molar-refractivity contribution in [2.75, 3.05) is 0 Å². The number of carbonyl (C=O) groups excluding carboxylic acids is 1. The molecule has 1 aliphatic rings. The van der Waals surface area contributed by atoms with Crippen LogP contribution >= 0.6 is 23.2 Å². The minimum Gasteiger partial charge on any atom is -0.366 e. The summed E-state index contributed by atoms with van der Waals surface area (Å²) in [5, 5.41) is 1.15. The van der Waals surface area contributed by atoms with E-state index in [4.69, 9.17) is 33.9 Å². The normalized spacial score (nSPS) is 17.6. The van der Waals surface area contributed by atoms with Crippen molar-refractivity contribution in [3.05, 3.63) is 93.9 Å². The van der Waals surface area contributed by atoms with E-state index in [1.807, 2.05) is 36.4 Å². The van der Waals surface area contributed by atoms with Crippen LogP contribution in [0.15, 0.2) is 71.9 Å². The van der Waals surface area contributed by atoms with E-state index >= 15 is 0 Å². The topological polar surface area (TPSA) is 81.2 Å². The second-order valence-corrected chi connectivity index (χ2v) is 7.52. The third-order valence-electron chi connectivity index (χ3n) is 4.75. The Labute approximate surface area is 177 Å². The lowest BCUT2D eigenvalue weighted by Crippen LogP contribution is -2.26. The highest BCUT2D eigenvalue weighted by Crippen LogP contribution is 2.35. The average molecular weight is 423 g/mol. The zero-order chi connectivity index (χ0) is 20.4. The van der Waals surface area contributed by atoms with Gasteiger partial charge in [0.15, 0.2) is 5.82 Å². The van der Waals surface area contributed by atoms with E-state index in [1.165, 1.54) is 0 Å². The maximum Gasteiger partial charge on any atom is 0.248 e. The van der Waals surface area contributed by atoms with Gasteiger partial charge >= 0.3 is 0 Å². The number of primary amides is 1. The third kappa shape index (κ3) is 3.92. The van der Waals surface area contributed by atoms with Crippen molar-refractivity contribution < 1.29 is 4.79 Å². The van der Waals surface area contributed by atoms with Gasteiger partial charge in [0.1, 0.15) is 5.54 Å². The summed E-state index contributed by atoms with van der Waals surface area (Å²) < 4.78 is 0. The number of halogens is 2. The molecule has 1 aliphatic heterocycles. The largest absolute Gasteiger partial charge is 0.366 e. The Hall–Kier alpha value is -3.02. The summed E-state index contributed by atoms with van der Waals surface area (Å²) in [5.74, 6) is 0.0918. The molecule has 2 N–H and O–H groups in total. The summed E-state index contributed by atoms with van der Waals surface area (Å²) in [6, 6.07) is 14.2. The van der Waals surface area contributed by atoms with E-state index in [-0.39, 0.29) is 0 Å². The Morgan fingerprint density at radius 2 is 1.86 bits per heavy atom. The molecule has 0 bridgehead atoms. The quantitative estimate of drug-likeness (QED) is 0.650. The third-order valence-corrected chi connectivity index (χ3v) is 5.33. The van der Waals surface area contributed by atoms with Crippen LogP contribution < -0.4 is 5.73 Å².